The van der Waals surface area contributed by atoms with Gasteiger partial charge in [-0.3, -0.25) is 0 Å². The van der Waals surface area contributed by atoms with Gasteiger partial charge in [0.15, 0.2) is 0 Å². The van der Waals surface area contributed by atoms with Gasteiger partial charge in [-0.05, 0) is 72.9 Å². The van der Waals surface area contributed by atoms with Gasteiger partial charge in [-0.1, -0.05) is 54.6 Å². The third kappa shape index (κ3) is 3.30. The fraction of sp³-hybridized carbons (Fsp3) is 0.120. The van der Waals surface area contributed by atoms with Crippen molar-refractivity contribution in [1.82, 2.24) is 0 Å². The maximum absolute atomic E-state index is 5.85. The summed E-state index contributed by atoms with van der Waals surface area (Å²) in [7, 11) is 1.54. The van der Waals surface area contributed by atoms with Gasteiger partial charge >= 0.3 is 9.53 Å². The van der Waals surface area contributed by atoms with Crippen LogP contribution in [0, 0.1) is 0 Å². The summed E-state index contributed by atoms with van der Waals surface area (Å²) < 4.78 is 16.4. The number of benzene rings is 5. The lowest BCUT2D eigenvalue weighted by Gasteiger charge is -2.13. The van der Waals surface area contributed by atoms with Gasteiger partial charge in [-0.15, -0.1) is 0 Å². The molecule has 1 radical (unpaired) electrons. The van der Waals surface area contributed by atoms with Crippen LogP contribution in [0.5, 0.6) is 0 Å². The van der Waals surface area contributed by atoms with Gasteiger partial charge in [0.1, 0.15) is 0 Å². The van der Waals surface area contributed by atoms with Crippen LogP contribution in [0.4, 0.5) is 0 Å². The van der Waals surface area contributed by atoms with Crippen LogP contribution in [0.3, 0.4) is 0 Å². The van der Waals surface area contributed by atoms with Crippen LogP contribution >= 0.6 is 0 Å². The fourth-order valence-corrected chi connectivity index (χ4v) is 4.73. The molecule has 0 amide bonds. The highest BCUT2D eigenvalue weighted by atomic mass is 28.3. The molecule has 0 bridgehead atoms. The van der Waals surface area contributed by atoms with E-state index in [0.717, 1.165) is 5.56 Å². The van der Waals surface area contributed by atoms with E-state index in [0.29, 0.717) is 6.61 Å². The number of hydrogen-bond donors (Lipinski definition) is 0. The van der Waals surface area contributed by atoms with Crippen molar-refractivity contribution < 1.29 is 13.3 Å². The van der Waals surface area contributed by atoms with Gasteiger partial charge in [-0.25, -0.2) is 0 Å². The van der Waals surface area contributed by atoms with Crippen molar-refractivity contribution in [3.63, 3.8) is 0 Å². The molecular weight excluding hydrogens is 376 g/mol. The van der Waals surface area contributed by atoms with Crippen LogP contribution in [-0.4, -0.2) is 23.7 Å². The zero-order valence-corrected chi connectivity index (χ0v) is 17.4. The molecule has 0 heterocycles. The molecule has 0 atom stereocenters. The summed E-state index contributed by atoms with van der Waals surface area (Å²) in [5.74, 6) is 0. The first-order valence-electron chi connectivity index (χ1n) is 9.61. The van der Waals surface area contributed by atoms with Crippen LogP contribution in [0.25, 0.3) is 43.1 Å². The second-order valence-electron chi connectivity index (χ2n) is 7.14. The van der Waals surface area contributed by atoms with E-state index < -0.39 is 9.53 Å². The molecule has 0 saturated carbocycles. The van der Waals surface area contributed by atoms with E-state index in [1.807, 2.05) is 0 Å². The Balaban J connectivity index is 1.71. The first-order chi connectivity index (χ1) is 14.3. The highest BCUT2D eigenvalue weighted by Crippen LogP contribution is 2.33. The van der Waals surface area contributed by atoms with Gasteiger partial charge in [0, 0.05) is 14.2 Å². The van der Waals surface area contributed by atoms with Gasteiger partial charge in [-0.2, -0.15) is 0 Å². The minimum absolute atomic E-state index is 0.465. The second kappa shape index (κ2) is 7.58. The molecule has 0 N–H and O–H groups in total. The zero-order valence-electron chi connectivity index (χ0n) is 16.4. The summed E-state index contributed by atoms with van der Waals surface area (Å²) in [4.78, 5) is 0. The molecule has 0 aliphatic rings. The van der Waals surface area contributed by atoms with Gasteiger partial charge in [0.2, 0.25) is 0 Å². The molecule has 29 heavy (non-hydrogen) atoms. The lowest BCUT2D eigenvalue weighted by Crippen LogP contribution is -2.23. The Bertz CT molecular complexity index is 1340. The van der Waals surface area contributed by atoms with Crippen LogP contribution in [0.1, 0.15) is 5.56 Å². The van der Waals surface area contributed by atoms with Gasteiger partial charge in [0.25, 0.3) is 0 Å². The second-order valence-corrected chi connectivity index (χ2v) is 8.75. The molecule has 5 aromatic rings. The lowest BCUT2D eigenvalue weighted by atomic mass is 9.94. The topological polar surface area (TPSA) is 27.7 Å². The summed E-state index contributed by atoms with van der Waals surface area (Å²) in [6.07, 6.45) is 0. The Morgan fingerprint density at radius 3 is 1.90 bits per heavy atom. The summed E-state index contributed by atoms with van der Waals surface area (Å²) in [5, 5.41) is 9.98. The largest absolute Gasteiger partial charge is 0.577 e. The van der Waals surface area contributed by atoms with Crippen LogP contribution < -0.4 is 0 Å². The average Bonchev–Trinajstić information content (AvgIpc) is 2.77. The highest BCUT2D eigenvalue weighted by molar-refractivity contribution is 6.36. The van der Waals surface area contributed by atoms with E-state index in [2.05, 4.69) is 78.9 Å². The minimum atomic E-state index is -1.69. The predicted octanol–water partition coefficient (Wildman–Crippen LogP) is 6.09. The predicted molar refractivity (Wildman–Crippen MR) is 121 cm³/mol. The molecule has 0 aliphatic carbocycles. The van der Waals surface area contributed by atoms with Crippen molar-refractivity contribution in [1.29, 1.82) is 0 Å². The van der Waals surface area contributed by atoms with Crippen molar-refractivity contribution in [3.05, 3.63) is 84.4 Å². The molecule has 0 aromatic heterocycles. The maximum Gasteiger partial charge on any atom is 0.577 e. The van der Waals surface area contributed by atoms with Crippen molar-refractivity contribution in [2.45, 2.75) is 6.61 Å². The monoisotopic (exact) mass is 397 g/mol. The Hall–Kier alpha value is -2.76. The highest BCUT2D eigenvalue weighted by Gasteiger charge is 2.16. The number of fused-ring (bicyclic) bond motifs is 5. The number of hydrogen-bond acceptors (Lipinski definition) is 3. The van der Waals surface area contributed by atoms with E-state index in [1.54, 1.807) is 14.2 Å². The van der Waals surface area contributed by atoms with E-state index in [9.17, 15) is 0 Å². The first-order valence-corrected chi connectivity index (χ1v) is 10.8. The molecule has 0 saturated heterocycles. The minimum Gasteiger partial charge on any atom is -0.375 e. The van der Waals surface area contributed by atoms with Crippen molar-refractivity contribution in [3.8, 4) is 0 Å². The van der Waals surface area contributed by atoms with Gasteiger partial charge < -0.3 is 13.3 Å². The standard InChI is InChI=1S/C25H21O3Si/c1-26-29(27-2)28-16-22-9-5-8-19-13-21-11-10-20-12-17-6-3-4-7-18(17)14-24(20)25(21)15-23(19)22/h3-15H,16H2,1-2H3. The fourth-order valence-electron chi connectivity index (χ4n) is 4.05. The molecule has 0 unspecified atom stereocenters. The average molecular weight is 398 g/mol. The Kier molecular flexibility index (Phi) is 4.77. The Morgan fingerprint density at radius 1 is 0.586 bits per heavy atom. The van der Waals surface area contributed by atoms with E-state index >= 15 is 0 Å². The Labute approximate surface area is 171 Å². The zero-order chi connectivity index (χ0) is 19.8. The molecule has 0 spiro atoms. The molecular formula is C25H21O3Si. The normalized spacial score (nSPS) is 12.0. The molecule has 0 aliphatic heterocycles. The first kappa shape index (κ1) is 18.3. The maximum atomic E-state index is 5.85. The summed E-state index contributed by atoms with van der Waals surface area (Å²) >= 11 is 0. The van der Waals surface area contributed by atoms with E-state index in [4.69, 9.17) is 13.3 Å². The molecule has 3 nitrogen and oxygen atoms in total. The molecule has 5 aromatic carbocycles. The molecule has 4 heteroatoms. The van der Waals surface area contributed by atoms with Crippen molar-refractivity contribution in [2.75, 3.05) is 14.2 Å². The smallest absolute Gasteiger partial charge is 0.375 e. The van der Waals surface area contributed by atoms with Crippen molar-refractivity contribution in [2.24, 2.45) is 0 Å². The lowest BCUT2D eigenvalue weighted by molar-refractivity contribution is 0.129. The summed E-state index contributed by atoms with van der Waals surface area (Å²) in [5.41, 5.74) is 1.14. The van der Waals surface area contributed by atoms with E-state index in [-0.39, 0.29) is 0 Å². The quantitative estimate of drug-likeness (QED) is 0.204. The van der Waals surface area contributed by atoms with Crippen LogP contribution in [0.2, 0.25) is 0 Å². The van der Waals surface area contributed by atoms with Crippen molar-refractivity contribution >= 4 is 52.6 Å². The summed E-state index contributed by atoms with van der Waals surface area (Å²) in [6.45, 7) is 0.465. The van der Waals surface area contributed by atoms with Crippen LogP contribution in [0.15, 0.2) is 78.9 Å². The summed E-state index contributed by atoms with van der Waals surface area (Å²) in [6, 6.07) is 28.4. The SMILES string of the molecule is CO[Si](OC)OCc1cccc2cc3ccc4cc5ccccc5cc4c3cc12. The number of rotatable bonds is 5. The van der Waals surface area contributed by atoms with Gasteiger partial charge in [0.05, 0.1) is 6.61 Å². The molecule has 143 valence electrons. The molecule has 5 rings (SSSR count). The van der Waals surface area contributed by atoms with Crippen LogP contribution in [-0.2, 0) is 19.9 Å². The Morgan fingerprint density at radius 2 is 1.17 bits per heavy atom. The third-order valence-corrected chi connectivity index (χ3v) is 6.52. The molecule has 0 fully saturated rings. The van der Waals surface area contributed by atoms with E-state index in [1.165, 1.54) is 43.1 Å². The third-order valence-electron chi connectivity index (χ3n) is 5.47.